The molecule has 7 heteroatoms. The Labute approximate surface area is 160 Å². The zero-order chi connectivity index (χ0) is 18.9. The Bertz CT molecular complexity index is 748. The molecule has 6 nitrogen and oxygen atoms in total. The maximum atomic E-state index is 11.8. The van der Waals surface area contributed by atoms with Crippen molar-refractivity contribution >= 4 is 28.1 Å². The molecule has 2 N–H and O–H groups in total. The molecule has 2 aromatic carbocycles. The SMILES string of the molecule is CCOC(=O)[C@@H](N)Cc1ccc(OC(=O)OCc2ccccc2Br)cc1. The van der Waals surface area contributed by atoms with Crippen molar-refractivity contribution in [2.45, 2.75) is 26.0 Å². The van der Waals surface area contributed by atoms with Gasteiger partial charge in [-0.25, -0.2) is 4.79 Å². The van der Waals surface area contributed by atoms with Crippen LogP contribution >= 0.6 is 15.9 Å². The molecular weight excluding hydrogens is 402 g/mol. The second kappa shape index (κ2) is 9.94. The van der Waals surface area contributed by atoms with Crippen LogP contribution in [0.15, 0.2) is 53.0 Å². The number of halogens is 1. The third kappa shape index (κ3) is 6.16. The summed E-state index contributed by atoms with van der Waals surface area (Å²) in [6.07, 6.45) is -0.456. The van der Waals surface area contributed by atoms with Gasteiger partial charge in [0.05, 0.1) is 6.61 Å². The predicted molar refractivity (Wildman–Crippen MR) is 99.7 cm³/mol. The molecule has 0 saturated heterocycles. The van der Waals surface area contributed by atoms with Gasteiger partial charge in [-0.1, -0.05) is 46.3 Å². The van der Waals surface area contributed by atoms with Crippen molar-refractivity contribution in [1.29, 1.82) is 0 Å². The first-order valence-corrected chi connectivity index (χ1v) is 8.88. The summed E-state index contributed by atoms with van der Waals surface area (Å²) in [5, 5.41) is 0. The van der Waals surface area contributed by atoms with E-state index in [2.05, 4.69) is 15.9 Å². The molecule has 0 aliphatic heterocycles. The monoisotopic (exact) mass is 421 g/mol. The number of ether oxygens (including phenoxy) is 3. The quantitative estimate of drug-likeness (QED) is 0.542. The van der Waals surface area contributed by atoms with Crippen LogP contribution in [0.4, 0.5) is 4.79 Å². The van der Waals surface area contributed by atoms with Gasteiger partial charge in [0.1, 0.15) is 18.4 Å². The van der Waals surface area contributed by atoms with Gasteiger partial charge in [-0.15, -0.1) is 0 Å². The molecule has 0 aromatic heterocycles. The standard InChI is InChI=1S/C19H20BrNO5/c1-2-24-18(22)17(21)11-13-7-9-15(10-8-13)26-19(23)25-12-14-5-3-4-6-16(14)20/h3-10,17H,2,11-12,21H2,1H3/t17-/m0/s1. The summed E-state index contributed by atoms with van der Waals surface area (Å²) in [6, 6.07) is 13.4. The number of carbonyl (C=O) groups is 2. The zero-order valence-corrected chi connectivity index (χ0v) is 15.9. The van der Waals surface area contributed by atoms with E-state index in [1.54, 1.807) is 31.2 Å². The summed E-state index contributed by atoms with van der Waals surface area (Å²) in [7, 11) is 0. The van der Waals surface area contributed by atoms with Gasteiger partial charge >= 0.3 is 12.1 Å². The summed E-state index contributed by atoms with van der Waals surface area (Å²) < 4.78 is 15.9. The molecule has 0 saturated carbocycles. The van der Waals surface area contributed by atoms with Gasteiger partial charge < -0.3 is 19.9 Å². The van der Waals surface area contributed by atoms with Crippen LogP contribution in [-0.4, -0.2) is 24.8 Å². The van der Waals surface area contributed by atoms with Crippen LogP contribution in [0.2, 0.25) is 0 Å². The van der Waals surface area contributed by atoms with Crippen molar-refractivity contribution < 1.29 is 23.8 Å². The molecule has 0 spiro atoms. The van der Waals surface area contributed by atoms with Crippen molar-refractivity contribution in [3.8, 4) is 5.75 Å². The van der Waals surface area contributed by atoms with Gasteiger partial charge in [-0.05, 0) is 37.1 Å². The van der Waals surface area contributed by atoms with E-state index in [4.69, 9.17) is 19.9 Å². The molecule has 0 aliphatic rings. The van der Waals surface area contributed by atoms with E-state index >= 15 is 0 Å². The Morgan fingerprint density at radius 2 is 1.77 bits per heavy atom. The summed E-state index contributed by atoms with van der Waals surface area (Å²) >= 11 is 3.39. The second-order valence-corrected chi connectivity index (χ2v) is 6.29. The van der Waals surface area contributed by atoms with Crippen LogP contribution in [-0.2, 0) is 27.3 Å². The molecule has 1 atom stereocenters. The molecule has 138 valence electrons. The lowest BCUT2D eigenvalue weighted by Crippen LogP contribution is -2.34. The van der Waals surface area contributed by atoms with Crippen LogP contribution in [0.3, 0.4) is 0 Å². The van der Waals surface area contributed by atoms with E-state index < -0.39 is 18.2 Å². The Balaban J connectivity index is 1.83. The van der Waals surface area contributed by atoms with Crippen molar-refractivity contribution in [1.82, 2.24) is 0 Å². The first kappa shape index (κ1) is 19.9. The van der Waals surface area contributed by atoms with Crippen LogP contribution in [0.1, 0.15) is 18.1 Å². The minimum atomic E-state index is -0.795. The van der Waals surface area contributed by atoms with Crippen molar-refractivity contribution in [2.75, 3.05) is 6.61 Å². The average molecular weight is 422 g/mol. The second-order valence-electron chi connectivity index (χ2n) is 5.44. The Morgan fingerprint density at radius 3 is 2.42 bits per heavy atom. The summed E-state index contributed by atoms with van der Waals surface area (Å²) in [6.45, 7) is 2.13. The molecule has 0 fully saturated rings. The van der Waals surface area contributed by atoms with Gasteiger partial charge in [0.15, 0.2) is 0 Å². The third-order valence-corrected chi connectivity index (χ3v) is 4.25. The summed E-state index contributed by atoms with van der Waals surface area (Å²) in [5.74, 6) is -0.0981. The highest BCUT2D eigenvalue weighted by molar-refractivity contribution is 9.10. The van der Waals surface area contributed by atoms with E-state index in [1.807, 2.05) is 24.3 Å². The lowest BCUT2D eigenvalue weighted by molar-refractivity contribution is -0.144. The highest BCUT2D eigenvalue weighted by Gasteiger charge is 2.15. The average Bonchev–Trinajstić information content (AvgIpc) is 2.63. The van der Waals surface area contributed by atoms with Crippen molar-refractivity contribution in [3.05, 3.63) is 64.1 Å². The normalized spacial score (nSPS) is 11.5. The molecular formula is C19H20BrNO5. The topological polar surface area (TPSA) is 87.9 Å². The van der Waals surface area contributed by atoms with Crippen LogP contribution < -0.4 is 10.5 Å². The number of rotatable bonds is 7. The fraction of sp³-hybridized carbons (Fsp3) is 0.263. The lowest BCUT2D eigenvalue weighted by Gasteiger charge is -2.11. The fourth-order valence-corrected chi connectivity index (χ4v) is 2.56. The number of nitrogens with two attached hydrogens (primary N) is 1. The van der Waals surface area contributed by atoms with Crippen LogP contribution in [0.25, 0.3) is 0 Å². The van der Waals surface area contributed by atoms with E-state index in [0.29, 0.717) is 18.8 Å². The van der Waals surface area contributed by atoms with E-state index in [9.17, 15) is 9.59 Å². The third-order valence-electron chi connectivity index (χ3n) is 3.47. The minimum Gasteiger partial charge on any atom is -0.465 e. The zero-order valence-electron chi connectivity index (χ0n) is 14.3. The first-order valence-electron chi connectivity index (χ1n) is 8.08. The largest absolute Gasteiger partial charge is 0.514 e. The molecule has 0 aliphatic carbocycles. The van der Waals surface area contributed by atoms with E-state index in [1.165, 1.54) is 0 Å². The Morgan fingerprint density at radius 1 is 1.08 bits per heavy atom. The molecule has 0 heterocycles. The van der Waals surface area contributed by atoms with E-state index in [-0.39, 0.29) is 6.61 Å². The first-order chi connectivity index (χ1) is 12.5. The van der Waals surface area contributed by atoms with Crippen molar-refractivity contribution in [2.24, 2.45) is 5.73 Å². The van der Waals surface area contributed by atoms with Crippen molar-refractivity contribution in [3.63, 3.8) is 0 Å². The smallest absolute Gasteiger partial charge is 0.465 e. The maximum Gasteiger partial charge on any atom is 0.514 e. The predicted octanol–water partition coefficient (Wildman–Crippen LogP) is 3.60. The minimum absolute atomic E-state index is 0.104. The number of hydrogen-bond donors (Lipinski definition) is 1. The maximum absolute atomic E-state index is 11.8. The molecule has 2 rings (SSSR count). The van der Waals surface area contributed by atoms with Gasteiger partial charge in [-0.2, -0.15) is 0 Å². The van der Waals surface area contributed by atoms with Gasteiger partial charge in [0.25, 0.3) is 0 Å². The summed E-state index contributed by atoms with van der Waals surface area (Å²) in [5.41, 5.74) is 7.45. The molecule has 0 unspecified atom stereocenters. The Kier molecular flexibility index (Phi) is 7.62. The van der Waals surface area contributed by atoms with Crippen LogP contribution in [0, 0.1) is 0 Å². The number of hydrogen-bond acceptors (Lipinski definition) is 6. The molecule has 0 bridgehead atoms. The Hall–Kier alpha value is -2.38. The van der Waals surface area contributed by atoms with Crippen LogP contribution in [0.5, 0.6) is 5.75 Å². The lowest BCUT2D eigenvalue weighted by atomic mass is 10.1. The molecule has 26 heavy (non-hydrogen) atoms. The highest BCUT2D eigenvalue weighted by atomic mass is 79.9. The van der Waals surface area contributed by atoms with Gasteiger partial charge in [0, 0.05) is 10.0 Å². The molecule has 0 amide bonds. The molecule has 2 aromatic rings. The molecule has 0 radical (unpaired) electrons. The number of benzene rings is 2. The van der Waals surface area contributed by atoms with Gasteiger partial charge in [0.2, 0.25) is 0 Å². The van der Waals surface area contributed by atoms with E-state index in [0.717, 1.165) is 15.6 Å². The summed E-state index contributed by atoms with van der Waals surface area (Å²) in [4.78, 5) is 23.3. The number of esters is 1. The highest BCUT2D eigenvalue weighted by Crippen LogP contribution is 2.18. The fourth-order valence-electron chi connectivity index (χ4n) is 2.16. The number of carbonyl (C=O) groups excluding carboxylic acids is 2. The van der Waals surface area contributed by atoms with Gasteiger partial charge in [-0.3, -0.25) is 4.79 Å².